The van der Waals surface area contributed by atoms with Crippen LogP contribution in [0.4, 0.5) is 13.2 Å². The van der Waals surface area contributed by atoms with Crippen LogP contribution < -0.4 is 4.74 Å². The summed E-state index contributed by atoms with van der Waals surface area (Å²) >= 11 is 0. The number of hydrogen-bond donors (Lipinski definition) is 1. The van der Waals surface area contributed by atoms with Gasteiger partial charge in [-0.25, -0.2) is 0 Å². The normalized spacial score (nSPS) is 24.9. The van der Waals surface area contributed by atoms with Crippen molar-refractivity contribution in [2.24, 2.45) is 0 Å². The molecule has 0 heterocycles. The van der Waals surface area contributed by atoms with Crippen molar-refractivity contribution in [3.05, 3.63) is 29.8 Å². The number of ether oxygens (including phenoxy) is 1. The Morgan fingerprint density at radius 1 is 1.24 bits per heavy atom. The van der Waals surface area contributed by atoms with Crippen LogP contribution in [0, 0.1) is 0 Å². The van der Waals surface area contributed by atoms with E-state index in [0.717, 1.165) is 18.6 Å². The number of halogens is 3. The first-order chi connectivity index (χ1) is 7.97. The lowest BCUT2D eigenvalue weighted by atomic mass is 10.2. The second-order valence-electron chi connectivity index (χ2n) is 4.18. The molecule has 0 spiro atoms. The lowest BCUT2D eigenvalue weighted by Gasteiger charge is -2.18. The van der Waals surface area contributed by atoms with Gasteiger partial charge in [-0.3, -0.25) is 0 Å². The van der Waals surface area contributed by atoms with Crippen LogP contribution in [0.1, 0.15) is 24.8 Å². The number of hydrogen-bond acceptors (Lipinski definition) is 2. The van der Waals surface area contributed by atoms with Gasteiger partial charge in [0.1, 0.15) is 11.9 Å². The Hall–Kier alpha value is -1.23. The van der Waals surface area contributed by atoms with Crippen LogP contribution in [-0.4, -0.2) is 17.3 Å². The van der Waals surface area contributed by atoms with Crippen molar-refractivity contribution in [3.8, 4) is 5.75 Å². The standard InChI is InChI=1S/C12H13F3O2/c13-12(14,15)8-3-1-4-9(7-8)17-11-6-2-5-10(11)16/h1,3-4,7,10-11,16H,2,5-6H2/t10-,11-/m0/s1. The third-order valence-electron chi connectivity index (χ3n) is 2.87. The Bertz CT molecular complexity index is 390. The Morgan fingerprint density at radius 2 is 2.00 bits per heavy atom. The number of benzene rings is 1. The minimum absolute atomic E-state index is 0.158. The summed E-state index contributed by atoms with van der Waals surface area (Å²) in [5, 5.41) is 9.53. The average molecular weight is 246 g/mol. The maximum absolute atomic E-state index is 12.5. The highest BCUT2D eigenvalue weighted by Crippen LogP contribution is 2.32. The summed E-state index contributed by atoms with van der Waals surface area (Å²) in [6, 6.07) is 4.74. The van der Waals surface area contributed by atoms with Gasteiger partial charge in [-0.1, -0.05) is 6.07 Å². The topological polar surface area (TPSA) is 29.5 Å². The van der Waals surface area contributed by atoms with E-state index in [2.05, 4.69) is 0 Å². The van der Waals surface area contributed by atoms with Crippen LogP contribution in [-0.2, 0) is 6.18 Å². The van der Waals surface area contributed by atoms with Crippen LogP contribution in [0.15, 0.2) is 24.3 Å². The third kappa shape index (κ3) is 2.91. The number of rotatable bonds is 2. The zero-order valence-electron chi connectivity index (χ0n) is 9.07. The van der Waals surface area contributed by atoms with Gasteiger partial charge >= 0.3 is 6.18 Å². The molecular formula is C12H13F3O2. The SMILES string of the molecule is O[C@H]1CCC[C@@H]1Oc1cccc(C(F)(F)F)c1. The first kappa shape index (κ1) is 12.2. The Balaban J connectivity index is 2.11. The molecule has 1 aliphatic carbocycles. The third-order valence-corrected chi connectivity index (χ3v) is 2.87. The molecule has 2 rings (SSSR count). The molecule has 1 aliphatic rings. The molecule has 0 aliphatic heterocycles. The lowest BCUT2D eigenvalue weighted by Crippen LogP contribution is -2.25. The molecule has 94 valence electrons. The number of aliphatic hydroxyl groups is 1. The Morgan fingerprint density at radius 3 is 2.59 bits per heavy atom. The summed E-state index contributed by atoms with van der Waals surface area (Å²) < 4.78 is 42.7. The fourth-order valence-electron chi connectivity index (χ4n) is 1.96. The second-order valence-corrected chi connectivity index (χ2v) is 4.18. The van der Waals surface area contributed by atoms with E-state index in [9.17, 15) is 18.3 Å². The van der Waals surface area contributed by atoms with Gasteiger partial charge in [-0.05, 0) is 37.5 Å². The van der Waals surface area contributed by atoms with E-state index in [4.69, 9.17) is 4.74 Å². The zero-order valence-corrected chi connectivity index (χ0v) is 9.07. The highest BCUT2D eigenvalue weighted by Gasteiger charge is 2.31. The van der Waals surface area contributed by atoms with Gasteiger partial charge in [-0.15, -0.1) is 0 Å². The largest absolute Gasteiger partial charge is 0.488 e. The van der Waals surface area contributed by atoms with E-state index in [0.29, 0.717) is 12.8 Å². The van der Waals surface area contributed by atoms with Crippen molar-refractivity contribution < 1.29 is 23.0 Å². The summed E-state index contributed by atoms with van der Waals surface area (Å²) in [6.07, 6.45) is -3.18. The van der Waals surface area contributed by atoms with Crippen molar-refractivity contribution in [1.82, 2.24) is 0 Å². The average Bonchev–Trinajstić information content (AvgIpc) is 2.64. The van der Waals surface area contributed by atoms with Gasteiger partial charge in [-0.2, -0.15) is 13.2 Å². The quantitative estimate of drug-likeness (QED) is 0.869. The monoisotopic (exact) mass is 246 g/mol. The zero-order chi connectivity index (χ0) is 12.5. The van der Waals surface area contributed by atoms with E-state index < -0.39 is 23.9 Å². The summed E-state index contributed by atoms with van der Waals surface area (Å²) in [5.41, 5.74) is -0.734. The summed E-state index contributed by atoms with van der Waals surface area (Å²) in [6.45, 7) is 0. The fourth-order valence-corrected chi connectivity index (χ4v) is 1.96. The molecular weight excluding hydrogens is 233 g/mol. The van der Waals surface area contributed by atoms with Crippen molar-refractivity contribution >= 4 is 0 Å². The Labute approximate surface area is 97.0 Å². The van der Waals surface area contributed by atoms with Gasteiger partial charge in [0.05, 0.1) is 11.7 Å². The molecule has 2 nitrogen and oxygen atoms in total. The van der Waals surface area contributed by atoms with Gasteiger partial charge in [0.15, 0.2) is 0 Å². The molecule has 1 aromatic carbocycles. The molecule has 1 saturated carbocycles. The summed E-state index contributed by atoms with van der Waals surface area (Å²) in [4.78, 5) is 0. The first-order valence-electron chi connectivity index (χ1n) is 5.49. The molecule has 1 fully saturated rings. The van der Waals surface area contributed by atoms with E-state index in [1.54, 1.807) is 0 Å². The summed E-state index contributed by atoms with van der Waals surface area (Å²) in [5.74, 6) is 0.158. The molecule has 17 heavy (non-hydrogen) atoms. The summed E-state index contributed by atoms with van der Waals surface area (Å²) in [7, 11) is 0. The van der Waals surface area contributed by atoms with Crippen LogP contribution in [0.5, 0.6) is 5.75 Å². The second kappa shape index (κ2) is 4.56. The highest BCUT2D eigenvalue weighted by molar-refractivity contribution is 5.30. The maximum Gasteiger partial charge on any atom is 0.416 e. The van der Waals surface area contributed by atoms with Crippen LogP contribution in [0.3, 0.4) is 0 Å². The van der Waals surface area contributed by atoms with Crippen LogP contribution >= 0.6 is 0 Å². The van der Waals surface area contributed by atoms with Crippen LogP contribution in [0.2, 0.25) is 0 Å². The molecule has 1 aromatic rings. The van der Waals surface area contributed by atoms with Crippen molar-refractivity contribution in [2.45, 2.75) is 37.6 Å². The molecule has 0 unspecified atom stereocenters. The fraction of sp³-hybridized carbons (Fsp3) is 0.500. The predicted molar refractivity (Wildman–Crippen MR) is 55.7 cm³/mol. The van der Waals surface area contributed by atoms with Gasteiger partial charge in [0, 0.05) is 0 Å². The molecule has 0 radical (unpaired) electrons. The molecule has 0 bridgehead atoms. The Kier molecular flexibility index (Phi) is 3.28. The van der Waals surface area contributed by atoms with E-state index in [1.165, 1.54) is 12.1 Å². The number of alkyl halides is 3. The van der Waals surface area contributed by atoms with E-state index in [1.807, 2.05) is 0 Å². The van der Waals surface area contributed by atoms with E-state index in [-0.39, 0.29) is 5.75 Å². The molecule has 0 saturated heterocycles. The minimum atomic E-state index is -4.37. The molecule has 0 amide bonds. The molecule has 1 N–H and O–H groups in total. The smallest absolute Gasteiger partial charge is 0.416 e. The lowest BCUT2D eigenvalue weighted by molar-refractivity contribution is -0.137. The minimum Gasteiger partial charge on any atom is -0.488 e. The predicted octanol–water partition coefficient (Wildman–Crippen LogP) is 3.00. The van der Waals surface area contributed by atoms with Crippen molar-refractivity contribution in [2.75, 3.05) is 0 Å². The molecule has 5 heteroatoms. The molecule has 0 aromatic heterocycles. The van der Waals surface area contributed by atoms with E-state index >= 15 is 0 Å². The highest BCUT2D eigenvalue weighted by atomic mass is 19.4. The number of aliphatic hydroxyl groups excluding tert-OH is 1. The molecule has 2 atom stereocenters. The first-order valence-corrected chi connectivity index (χ1v) is 5.49. The van der Waals surface area contributed by atoms with Gasteiger partial charge < -0.3 is 9.84 Å². The van der Waals surface area contributed by atoms with Crippen molar-refractivity contribution in [3.63, 3.8) is 0 Å². The van der Waals surface area contributed by atoms with Crippen molar-refractivity contribution in [1.29, 1.82) is 0 Å². The van der Waals surface area contributed by atoms with Gasteiger partial charge in [0.25, 0.3) is 0 Å². The van der Waals surface area contributed by atoms with Gasteiger partial charge in [0.2, 0.25) is 0 Å². The maximum atomic E-state index is 12.5. The van der Waals surface area contributed by atoms with Crippen LogP contribution in [0.25, 0.3) is 0 Å².